The molecule has 0 fully saturated rings. The van der Waals surface area contributed by atoms with Crippen LogP contribution >= 0.6 is 0 Å². The molecular formula is C20H18FN3O3. The van der Waals surface area contributed by atoms with Gasteiger partial charge < -0.3 is 15.7 Å². The van der Waals surface area contributed by atoms with E-state index >= 15 is 0 Å². The van der Waals surface area contributed by atoms with E-state index in [0.29, 0.717) is 11.1 Å². The van der Waals surface area contributed by atoms with Crippen molar-refractivity contribution < 1.29 is 19.1 Å². The van der Waals surface area contributed by atoms with Gasteiger partial charge in [-0.3, -0.25) is 9.59 Å². The number of benzene rings is 2. The van der Waals surface area contributed by atoms with Gasteiger partial charge in [0, 0.05) is 11.9 Å². The first-order valence-electron chi connectivity index (χ1n) is 8.36. The van der Waals surface area contributed by atoms with Crippen molar-refractivity contribution in [1.29, 1.82) is 0 Å². The molecule has 0 aliphatic heterocycles. The Hall–Kier alpha value is -3.32. The zero-order chi connectivity index (χ0) is 19.2. The van der Waals surface area contributed by atoms with E-state index in [4.69, 9.17) is 0 Å². The topological polar surface area (TPSA) is 91.3 Å². The maximum absolute atomic E-state index is 12.9. The number of aliphatic hydroxyl groups excluding tert-OH is 1. The Balaban J connectivity index is 1.63. The van der Waals surface area contributed by atoms with Crippen molar-refractivity contribution in [2.24, 2.45) is 0 Å². The summed E-state index contributed by atoms with van der Waals surface area (Å²) in [4.78, 5) is 28.8. The summed E-state index contributed by atoms with van der Waals surface area (Å²) in [5.41, 5.74) is 1.51. The van der Waals surface area contributed by atoms with Gasteiger partial charge in [0.1, 0.15) is 17.6 Å². The highest BCUT2D eigenvalue weighted by molar-refractivity contribution is 5.97. The van der Waals surface area contributed by atoms with Crippen LogP contribution in [0.1, 0.15) is 16.1 Å². The standard InChI is InChI=1S/C20H18FN3O3/c21-15-8-5-13(6-9-15)11-22-19(26)18(12-25)24-20(27)17-10-7-14-3-1-2-4-16(14)23-17/h1-10,18,25H,11-12H2,(H,22,26)(H,24,27). The zero-order valence-corrected chi connectivity index (χ0v) is 14.4. The van der Waals surface area contributed by atoms with Gasteiger partial charge in [-0.2, -0.15) is 0 Å². The third kappa shape index (κ3) is 4.65. The van der Waals surface area contributed by atoms with Crippen LogP contribution in [0.3, 0.4) is 0 Å². The SMILES string of the molecule is O=C(NC(CO)C(=O)NCc1ccc(F)cc1)c1ccc2ccccc2n1. The number of rotatable bonds is 6. The Morgan fingerprint density at radius 3 is 2.52 bits per heavy atom. The van der Waals surface area contributed by atoms with Crippen LogP contribution in [0.4, 0.5) is 4.39 Å². The fraction of sp³-hybridized carbons (Fsp3) is 0.150. The minimum atomic E-state index is -1.12. The fourth-order valence-corrected chi connectivity index (χ4v) is 2.53. The first-order chi connectivity index (χ1) is 13.1. The van der Waals surface area contributed by atoms with Gasteiger partial charge in [-0.1, -0.05) is 36.4 Å². The summed E-state index contributed by atoms with van der Waals surface area (Å²) in [7, 11) is 0. The van der Waals surface area contributed by atoms with Crippen molar-refractivity contribution in [1.82, 2.24) is 15.6 Å². The van der Waals surface area contributed by atoms with Crippen molar-refractivity contribution >= 4 is 22.7 Å². The molecule has 0 spiro atoms. The highest BCUT2D eigenvalue weighted by Crippen LogP contribution is 2.11. The molecule has 2 amide bonds. The zero-order valence-electron chi connectivity index (χ0n) is 14.4. The van der Waals surface area contributed by atoms with Crippen molar-refractivity contribution in [2.75, 3.05) is 6.61 Å². The van der Waals surface area contributed by atoms with E-state index in [2.05, 4.69) is 15.6 Å². The third-order valence-corrected chi connectivity index (χ3v) is 4.02. The summed E-state index contributed by atoms with van der Waals surface area (Å²) < 4.78 is 12.9. The van der Waals surface area contributed by atoms with Crippen LogP contribution in [-0.4, -0.2) is 34.6 Å². The second kappa shape index (κ2) is 8.37. The molecule has 3 rings (SSSR count). The number of hydrogen-bond donors (Lipinski definition) is 3. The Morgan fingerprint density at radius 1 is 1.04 bits per heavy atom. The van der Waals surface area contributed by atoms with Crippen LogP contribution in [0.15, 0.2) is 60.7 Å². The molecule has 0 bridgehead atoms. The van der Waals surface area contributed by atoms with Crippen LogP contribution in [-0.2, 0) is 11.3 Å². The van der Waals surface area contributed by atoms with Crippen LogP contribution < -0.4 is 10.6 Å². The Kier molecular flexibility index (Phi) is 5.73. The maximum Gasteiger partial charge on any atom is 0.270 e. The molecule has 0 aliphatic carbocycles. The molecule has 0 radical (unpaired) electrons. The number of hydrogen-bond acceptors (Lipinski definition) is 4. The molecule has 3 N–H and O–H groups in total. The predicted octanol–water partition coefficient (Wildman–Crippen LogP) is 1.78. The molecule has 1 unspecified atom stereocenters. The van der Waals surface area contributed by atoms with E-state index in [1.165, 1.54) is 12.1 Å². The molecule has 6 nitrogen and oxygen atoms in total. The molecule has 1 heterocycles. The van der Waals surface area contributed by atoms with Crippen LogP contribution in [0.25, 0.3) is 10.9 Å². The minimum absolute atomic E-state index is 0.151. The molecule has 0 saturated carbocycles. The lowest BCUT2D eigenvalue weighted by molar-refractivity contribution is -0.124. The van der Waals surface area contributed by atoms with Crippen LogP contribution in [0.5, 0.6) is 0 Å². The van der Waals surface area contributed by atoms with Gasteiger partial charge in [0.2, 0.25) is 5.91 Å². The lowest BCUT2D eigenvalue weighted by atomic mass is 10.2. The molecule has 27 heavy (non-hydrogen) atoms. The first-order valence-corrected chi connectivity index (χ1v) is 8.36. The van der Waals surface area contributed by atoms with Crippen LogP contribution in [0.2, 0.25) is 0 Å². The number of amides is 2. The van der Waals surface area contributed by atoms with E-state index < -0.39 is 24.5 Å². The van der Waals surface area contributed by atoms with E-state index in [1.54, 1.807) is 30.3 Å². The summed E-state index contributed by atoms with van der Waals surface area (Å²) in [6, 6.07) is 15.2. The molecule has 7 heteroatoms. The number of aromatic nitrogens is 1. The first kappa shape index (κ1) is 18.5. The highest BCUT2D eigenvalue weighted by atomic mass is 19.1. The van der Waals surface area contributed by atoms with E-state index in [9.17, 15) is 19.1 Å². The normalized spacial score (nSPS) is 11.8. The Bertz CT molecular complexity index is 960. The van der Waals surface area contributed by atoms with Crippen LogP contribution in [0, 0.1) is 5.82 Å². The summed E-state index contributed by atoms with van der Waals surface area (Å²) in [6.45, 7) is -0.408. The molecule has 0 aliphatic rings. The smallest absolute Gasteiger partial charge is 0.270 e. The summed E-state index contributed by atoms with van der Waals surface area (Å²) in [5, 5.41) is 15.4. The highest BCUT2D eigenvalue weighted by Gasteiger charge is 2.21. The van der Waals surface area contributed by atoms with E-state index in [1.807, 2.05) is 18.2 Å². The lowest BCUT2D eigenvalue weighted by Gasteiger charge is -2.16. The van der Waals surface area contributed by atoms with E-state index in [0.717, 1.165) is 5.39 Å². The van der Waals surface area contributed by atoms with Gasteiger partial charge in [-0.25, -0.2) is 9.37 Å². The van der Waals surface area contributed by atoms with E-state index in [-0.39, 0.29) is 18.1 Å². The van der Waals surface area contributed by atoms with Crippen molar-refractivity contribution in [2.45, 2.75) is 12.6 Å². The van der Waals surface area contributed by atoms with Gasteiger partial charge in [-0.15, -0.1) is 0 Å². The molecular weight excluding hydrogens is 349 g/mol. The average Bonchev–Trinajstić information content (AvgIpc) is 2.70. The number of nitrogens with one attached hydrogen (secondary N) is 2. The van der Waals surface area contributed by atoms with Crippen molar-refractivity contribution in [3.8, 4) is 0 Å². The molecule has 0 saturated heterocycles. The van der Waals surface area contributed by atoms with Gasteiger partial charge in [0.15, 0.2) is 0 Å². The van der Waals surface area contributed by atoms with Gasteiger partial charge >= 0.3 is 0 Å². The number of aliphatic hydroxyl groups is 1. The summed E-state index contributed by atoms with van der Waals surface area (Å²) >= 11 is 0. The second-order valence-electron chi connectivity index (χ2n) is 5.94. The lowest BCUT2D eigenvalue weighted by Crippen LogP contribution is -2.48. The monoisotopic (exact) mass is 367 g/mol. The van der Waals surface area contributed by atoms with Crippen molar-refractivity contribution in [3.63, 3.8) is 0 Å². The Morgan fingerprint density at radius 2 is 1.78 bits per heavy atom. The average molecular weight is 367 g/mol. The molecule has 138 valence electrons. The Labute approximate surface area is 155 Å². The summed E-state index contributed by atoms with van der Waals surface area (Å²) in [5.74, 6) is -1.47. The number of pyridine rings is 1. The number of carbonyl (C=O) groups excluding carboxylic acids is 2. The molecule has 1 atom stereocenters. The fourth-order valence-electron chi connectivity index (χ4n) is 2.53. The third-order valence-electron chi connectivity index (χ3n) is 4.02. The van der Waals surface area contributed by atoms with Crippen molar-refractivity contribution in [3.05, 3.63) is 77.7 Å². The quantitative estimate of drug-likeness (QED) is 0.619. The maximum atomic E-state index is 12.9. The molecule has 2 aromatic carbocycles. The number of carbonyl (C=O) groups is 2. The van der Waals surface area contributed by atoms with Gasteiger partial charge in [0.25, 0.3) is 5.91 Å². The number of fused-ring (bicyclic) bond motifs is 1. The number of halogens is 1. The summed E-state index contributed by atoms with van der Waals surface area (Å²) in [6.07, 6.45) is 0. The van der Waals surface area contributed by atoms with Gasteiger partial charge in [0.05, 0.1) is 12.1 Å². The minimum Gasteiger partial charge on any atom is -0.394 e. The predicted molar refractivity (Wildman–Crippen MR) is 98.3 cm³/mol. The molecule has 3 aromatic rings. The number of nitrogens with zero attached hydrogens (tertiary/aromatic N) is 1. The van der Waals surface area contributed by atoms with Gasteiger partial charge in [-0.05, 0) is 29.8 Å². The number of para-hydroxylation sites is 1. The molecule has 1 aromatic heterocycles. The second-order valence-corrected chi connectivity index (χ2v) is 5.94. The largest absolute Gasteiger partial charge is 0.394 e.